The number of aromatic amines is 1. The largest absolute Gasteiger partial charge is 0.508 e. The Bertz CT molecular complexity index is 1430. The second-order valence-corrected chi connectivity index (χ2v) is 12.1. The van der Waals surface area contributed by atoms with E-state index in [0.29, 0.717) is 51.5 Å². The summed E-state index contributed by atoms with van der Waals surface area (Å²) in [5.41, 5.74) is 2.46. The third kappa shape index (κ3) is 6.18. The zero-order chi connectivity index (χ0) is 29.1. The highest BCUT2D eigenvalue weighted by Crippen LogP contribution is 2.26. The molecule has 0 saturated carbocycles. The lowest BCUT2D eigenvalue weighted by molar-refractivity contribution is -0.134. The molecule has 3 N–H and O–H groups in total. The second-order valence-electron chi connectivity index (χ2n) is 12.1. The van der Waals surface area contributed by atoms with E-state index in [0.717, 1.165) is 42.5 Å². The molecule has 2 aromatic carbocycles. The van der Waals surface area contributed by atoms with Crippen molar-refractivity contribution in [1.29, 1.82) is 0 Å². The van der Waals surface area contributed by atoms with Gasteiger partial charge in [-0.2, -0.15) is 0 Å². The number of phenols is 1. The minimum Gasteiger partial charge on any atom is -0.508 e. The molecule has 10 heteroatoms. The Morgan fingerprint density at radius 2 is 1.48 bits per heavy atom. The highest BCUT2D eigenvalue weighted by molar-refractivity contribution is 5.87. The number of hydrogen-bond donors (Lipinski definition) is 3. The van der Waals surface area contributed by atoms with Gasteiger partial charge in [0.05, 0.1) is 11.0 Å². The fraction of sp³-hybridized carbons (Fsp3) is 0.531. The molecule has 0 unspecified atom stereocenters. The third-order valence-electron chi connectivity index (χ3n) is 9.40. The number of H-pyrrole nitrogens is 1. The van der Waals surface area contributed by atoms with Crippen molar-refractivity contribution in [2.75, 3.05) is 39.3 Å². The maximum atomic E-state index is 13.8. The fourth-order valence-electron chi connectivity index (χ4n) is 7.03. The van der Waals surface area contributed by atoms with Gasteiger partial charge in [-0.05, 0) is 81.4 Å². The highest BCUT2D eigenvalue weighted by atomic mass is 16.3. The van der Waals surface area contributed by atoms with Gasteiger partial charge >= 0.3 is 11.7 Å². The van der Waals surface area contributed by atoms with E-state index in [2.05, 4.69) is 15.2 Å². The quantitative estimate of drug-likeness (QED) is 0.417. The molecule has 3 fully saturated rings. The molecule has 0 aliphatic carbocycles. The van der Waals surface area contributed by atoms with Crippen molar-refractivity contribution in [3.8, 4) is 5.75 Å². The van der Waals surface area contributed by atoms with Gasteiger partial charge in [-0.15, -0.1) is 0 Å². The maximum Gasteiger partial charge on any atom is 0.326 e. The van der Waals surface area contributed by atoms with E-state index in [-0.39, 0.29) is 29.4 Å². The number of benzene rings is 2. The van der Waals surface area contributed by atoms with E-state index in [1.807, 2.05) is 33.7 Å². The number of hydrogen-bond acceptors (Lipinski definition) is 5. The van der Waals surface area contributed by atoms with Crippen LogP contribution in [0, 0.1) is 0 Å². The number of fused-ring (bicyclic) bond motifs is 1. The number of phenolic OH excluding ortho intramolecular Hbond substituents is 1. The van der Waals surface area contributed by atoms with Crippen LogP contribution in [0.3, 0.4) is 0 Å². The van der Waals surface area contributed by atoms with Gasteiger partial charge in [0.25, 0.3) is 0 Å². The number of amides is 3. The molecule has 10 nitrogen and oxygen atoms in total. The summed E-state index contributed by atoms with van der Waals surface area (Å²) in [6.45, 7) is 4.72. The Morgan fingerprint density at radius 3 is 2.19 bits per heavy atom. The fourth-order valence-corrected chi connectivity index (χ4v) is 7.03. The number of carbonyl (C=O) groups excluding carboxylic acids is 2. The average Bonchev–Trinajstić information content (AvgIpc) is 3.37. The first-order valence-corrected chi connectivity index (χ1v) is 15.5. The first kappa shape index (κ1) is 28.3. The van der Waals surface area contributed by atoms with E-state index in [4.69, 9.17) is 0 Å². The molecule has 6 rings (SSSR count). The van der Waals surface area contributed by atoms with Gasteiger partial charge in [0.1, 0.15) is 11.8 Å². The van der Waals surface area contributed by atoms with Crippen LogP contribution >= 0.6 is 0 Å². The van der Waals surface area contributed by atoms with Crippen molar-refractivity contribution in [2.24, 2.45) is 0 Å². The summed E-state index contributed by atoms with van der Waals surface area (Å²) in [6, 6.07) is 14.1. The molecule has 3 aliphatic heterocycles. The molecular weight excluding hydrogens is 532 g/mol. The van der Waals surface area contributed by atoms with Gasteiger partial charge < -0.3 is 30.1 Å². The monoisotopic (exact) mass is 574 g/mol. The van der Waals surface area contributed by atoms with Crippen molar-refractivity contribution in [3.05, 3.63) is 64.6 Å². The lowest BCUT2D eigenvalue weighted by atomic mass is 9.98. The summed E-state index contributed by atoms with van der Waals surface area (Å²) in [6.07, 6.45) is 7.44. The SMILES string of the molecule is O=C(N[C@H](Cc1ccc(O)cc1)C(=O)N1CCC(N2CCCCC2)CC1)N1CCC(n2c(=O)[nH]c3ccccc32)CC1. The molecule has 224 valence electrons. The lowest BCUT2D eigenvalue weighted by Crippen LogP contribution is -2.56. The predicted molar refractivity (Wildman–Crippen MR) is 162 cm³/mol. The number of rotatable bonds is 6. The van der Waals surface area contributed by atoms with Gasteiger partial charge in [0.15, 0.2) is 0 Å². The molecule has 4 heterocycles. The first-order chi connectivity index (χ1) is 20.5. The van der Waals surface area contributed by atoms with Gasteiger partial charge in [-0.3, -0.25) is 9.36 Å². The van der Waals surface area contributed by atoms with Crippen LogP contribution in [0.1, 0.15) is 56.6 Å². The van der Waals surface area contributed by atoms with Crippen molar-refractivity contribution >= 4 is 23.0 Å². The van der Waals surface area contributed by atoms with E-state index < -0.39 is 6.04 Å². The smallest absolute Gasteiger partial charge is 0.326 e. The normalized spacial score (nSPS) is 20.1. The van der Waals surface area contributed by atoms with Gasteiger partial charge in [0.2, 0.25) is 5.91 Å². The van der Waals surface area contributed by atoms with Crippen molar-refractivity contribution < 1.29 is 14.7 Å². The minimum absolute atomic E-state index is 0.00771. The molecule has 3 aliphatic rings. The second kappa shape index (κ2) is 12.6. The van der Waals surface area contributed by atoms with Gasteiger partial charge in [-0.25, -0.2) is 9.59 Å². The Hall–Kier alpha value is -3.79. The minimum atomic E-state index is -0.692. The molecule has 0 radical (unpaired) electrons. The van der Waals surface area contributed by atoms with E-state index in [1.54, 1.807) is 29.2 Å². The number of imidazole rings is 1. The third-order valence-corrected chi connectivity index (χ3v) is 9.40. The Labute approximate surface area is 246 Å². The molecule has 3 saturated heterocycles. The van der Waals surface area contributed by atoms with E-state index in [1.165, 1.54) is 19.3 Å². The summed E-state index contributed by atoms with van der Waals surface area (Å²) < 4.78 is 1.81. The number of aromatic hydroxyl groups is 1. The molecule has 1 atom stereocenters. The summed E-state index contributed by atoms with van der Waals surface area (Å²) >= 11 is 0. The van der Waals surface area contributed by atoms with Gasteiger partial charge in [0, 0.05) is 44.7 Å². The number of carbonyl (C=O) groups is 2. The molecule has 0 spiro atoms. The molecule has 42 heavy (non-hydrogen) atoms. The number of para-hydroxylation sites is 2. The van der Waals surface area contributed by atoms with E-state index >= 15 is 0 Å². The van der Waals surface area contributed by atoms with Crippen LogP contribution in [0.15, 0.2) is 53.3 Å². The topological polar surface area (TPSA) is 114 Å². The zero-order valence-corrected chi connectivity index (χ0v) is 24.2. The van der Waals surface area contributed by atoms with E-state index in [9.17, 15) is 19.5 Å². The molecule has 3 amide bonds. The van der Waals surface area contributed by atoms with Crippen LogP contribution in [0.2, 0.25) is 0 Å². The maximum absolute atomic E-state index is 13.8. The molecule has 3 aromatic rings. The van der Waals surface area contributed by atoms with Crippen LogP contribution in [0.25, 0.3) is 11.0 Å². The van der Waals surface area contributed by atoms with Crippen LogP contribution in [0.5, 0.6) is 5.75 Å². The van der Waals surface area contributed by atoms with Crippen molar-refractivity contribution in [2.45, 2.75) is 69.5 Å². The average molecular weight is 575 g/mol. The standard InChI is InChI=1S/C32H42N6O4/c39-26-10-8-23(9-11-26)22-28(30(40)36-18-12-24(13-19-36)35-16-4-1-5-17-35)34-31(41)37-20-14-25(15-21-37)38-29-7-3-2-6-27(29)33-32(38)42/h2-3,6-11,24-25,28,39H,1,4-5,12-22H2,(H,33,42)(H,34,41)/t28-/m1/s1. The van der Waals surface area contributed by atoms with Crippen LogP contribution < -0.4 is 11.0 Å². The Morgan fingerprint density at radius 1 is 0.833 bits per heavy atom. The predicted octanol–water partition coefficient (Wildman–Crippen LogP) is 3.47. The summed E-state index contributed by atoms with van der Waals surface area (Å²) in [4.78, 5) is 49.2. The number of piperidine rings is 3. The number of likely N-dealkylation sites (tertiary alicyclic amines) is 3. The number of nitrogens with zero attached hydrogens (tertiary/aromatic N) is 4. The molecule has 1 aromatic heterocycles. The lowest BCUT2D eigenvalue weighted by Gasteiger charge is -2.41. The van der Waals surface area contributed by atoms with Gasteiger partial charge in [-0.1, -0.05) is 30.7 Å². The van der Waals surface area contributed by atoms with Crippen LogP contribution in [-0.4, -0.2) is 92.6 Å². The van der Waals surface area contributed by atoms with Crippen LogP contribution in [0.4, 0.5) is 4.79 Å². The Kier molecular flexibility index (Phi) is 8.51. The number of aromatic nitrogens is 2. The highest BCUT2D eigenvalue weighted by Gasteiger charge is 2.33. The van der Waals surface area contributed by atoms with Crippen molar-refractivity contribution in [1.82, 2.24) is 29.6 Å². The Balaban J connectivity index is 1.10. The summed E-state index contributed by atoms with van der Waals surface area (Å²) in [7, 11) is 0. The summed E-state index contributed by atoms with van der Waals surface area (Å²) in [5, 5.41) is 12.8. The summed E-state index contributed by atoms with van der Waals surface area (Å²) in [5.74, 6) is 0.122. The van der Waals surface area contributed by atoms with Crippen LogP contribution in [-0.2, 0) is 11.2 Å². The molecule has 0 bridgehead atoms. The first-order valence-electron chi connectivity index (χ1n) is 15.5. The zero-order valence-electron chi connectivity index (χ0n) is 24.2. The van der Waals surface area contributed by atoms with Crippen molar-refractivity contribution in [3.63, 3.8) is 0 Å². The molecular formula is C32H42N6O4. The number of urea groups is 1. The number of nitrogens with one attached hydrogen (secondary N) is 2.